The molecule has 2 N–H and O–H groups in total. The lowest BCUT2D eigenvalue weighted by Gasteiger charge is -2.33. The Kier molecular flexibility index (Phi) is 5.79. The first-order chi connectivity index (χ1) is 13.3. The van der Waals surface area contributed by atoms with E-state index in [9.17, 15) is 0 Å². The van der Waals surface area contributed by atoms with E-state index in [0.717, 1.165) is 42.5 Å². The number of hydrogen-bond acceptors (Lipinski definition) is 5. The van der Waals surface area contributed by atoms with Crippen LogP contribution in [-0.4, -0.2) is 36.4 Å². The molecule has 7 heteroatoms. The minimum absolute atomic E-state index is 0.200. The molecule has 4 rings (SSSR count). The van der Waals surface area contributed by atoms with Gasteiger partial charge in [-0.05, 0) is 68.0 Å². The molecule has 1 aromatic heterocycles. The molecule has 1 saturated heterocycles. The zero-order valence-electron chi connectivity index (χ0n) is 15.3. The minimum Gasteiger partial charge on any atom is -0.468 e. The molecule has 3 heterocycles. The molecule has 2 aliphatic heterocycles. The Labute approximate surface area is 164 Å². The number of nitrogens with zero attached hydrogens (tertiary/aromatic N) is 1. The van der Waals surface area contributed by atoms with Crippen molar-refractivity contribution in [3.05, 3.63) is 47.9 Å². The predicted octanol–water partition coefficient (Wildman–Crippen LogP) is 3.20. The zero-order valence-corrected chi connectivity index (χ0v) is 16.1. The summed E-state index contributed by atoms with van der Waals surface area (Å²) in [5.74, 6) is 2.57. The number of ether oxygens (including phenoxy) is 2. The molecule has 0 spiro atoms. The average molecular weight is 388 g/mol. The topological polar surface area (TPSA) is 58.9 Å². The largest absolute Gasteiger partial charge is 0.468 e. The molecule has 1 fully saturated rings. The Morgan fingerprint density at radius 2 is 1.93 bits per heavy atom. The second-order valence-electron chi connectivity index (χ2n) is 6.88. The third kappa shape index (κ3) is 4.54. The standard InChI is InChI=1S/C20H25N3O3S/c27-20(21-12-15-6-7-18-19(11-15)26-14-25-18)22-13-16(17-5-4-10-24-17)23-8-2-1-3-9-23/h4-7,10-11,16H,1-3,8-9,12-14H2,(H2,21,22,27)/t16-/m1/s1. The van der Waals surface area contributed by atoms with Crippen LogP contribution in [0.25, 0.3) is 0 Å². The molecular weight excluding hydrogens is 362 g/mol. The number of nitrogens with one attached hydrogen (secondary N) is 2. The Morgan fingerprint density at radius 3 is 2.74 bits per heavy atom. The van der Waals surface area contributed by atoms with E-state index < -0.39 is 0 Å². The molecular formula is C20H25N3O3S. The first kappa shape index (κ1) is 18.1. The molecule has 0 amide bonds. The number of thiocarbonyl (C=S) groups is 1. The van der Waals surface area contributed by atoms with Crippen molar-refractivity contribution < 1.29 is 13.9 Å². The van der Waals surface area contributed by atoms with Crippen LogP contribution in [0.1, 0.15) is 36.6 Å². The van der Waals surface area contributed by atoms with Crippen LogP contribution in [-0.2, 0) is 6.54 Å². The van der Waals surface area contributed by atoms with Crippen LogP contribution >= 0.6 is 12.2 Å². The van der Waals surface area contributed by atoms with Crippen molar-refractivity contribution >= 4 is 17.3 Å². The van der Waals surface area contributed by atoms with Crippen LogP contribution in [0.5, 0.6) is 11.5 Å². The quantitative estimate of drug-likeness (QED) is 0.738. The number of fused-ring (bicyclic) bond motifs is 1. The van der Waals surface area contributed by atoms with Crippen LogP contribution in [0.3, 0.4) is 0 Å². The second-order valence-corrected chi connectivity index (χ2v) is 7.29. The van der Waals surface area contributed by atoms with Crippen molar-refractivity contribution in [1.82, 2.24) is 15.5 Å². The highest BCUT2D eigenvalue weighted by atomic mass is 32.1. The van der Waals surface area contributed by atoms with Crippen molar-refractivity contribution in [2.24, 2.45) is 0 Å². The highest BCUT2D eigenvalue weighted by Gasteiger charge is 2.24. The van der Waals surface area contributed by atoms with Gasteiger partial charge in [0.25, 0.3) is 0 Å². The van der Waals surface area contributed by atoms with Crippen LogP contribution in [0.15, 0.2) is 41.0 Å². The van der Waals surface area contributed by atoms with E-state index in [1.807, 2.05) is 30.3 Å². The molecule has 6 nitrogen and oxygen atoms in total. The summed E-state index contributed by atoms with van der Waals surface area (Å²) in [6.45, 7) is 3.85. The van der Waals surface area contributed by atoms with Gasteiger partial charge in [0.15, 0.2) is 16.6 Å². The number of furan rings is 1. The smallest absolute Gasteiger partial charge is 0.231 e. The Morgan fingerprint density at radius 1 is 1.07 bits per heavy atom. The van der Waals surface area contributed by atoms with Crippen molar-refractivity contribution in [2.75, 3.05) is 26.4 Å². The molecule has 0 saturated carbocycles. The van der Waals surface area contributed by atoms with Crippen molar-refractivity contribution in [2.45, 2.75) is 31.8 Å². The van der Waals surface area contributed by atoms with Crippen LogP contribution in [0.2, 0.25) is 0 Å². The van der Waals surface area contributed by atoms with Crippen molar-refractivity contribution in [3.8, 4) is 11.5 Å². The van der Waals surface area contributed by atoms with E-state index in [4.69, 9.17) is 26.1 Å². The van der Waals surface area contributed by atoms with Crippen LogP contribution < -0.4 is 20.1 Å². The minimum atomic E-state index is 0.200. The summed E-state index contributed by atoms with van der Waals surface area (Å²) in [5, 5.41) is 7.26. The molecule has 1 atom stereocenters. The van der Waals surface area contributed by atoms with Gasteiger partial charge in [-0.3, -0.25) is 4.90 Å². The maximum atomic E-state index is 5.68. The van der Waals surface area contributed by atoms with Gasteiger partial charge in [-0.1, -0.05) is 12.5 Å². The highest BCUT2D eigenvalue weighted by Crippen LogP contribution is 2.32. The summed E-state index contributed by atoms with van der Waals surface area (Å²) >= 11 is 5.47. The van der Waals surface area contributed by atoms with E-state index in [1.165, 1.54) is 19.3 Å². The predicted molar refractivity (Wildman–Crippen MR) is 107 cm³/mol. The van der Waals surface area contributed by atoms with E-state index in [-0.39, 0.29) is 12.8 Å². The van der Waals surface area contributed by atoms with Gasteiger partial charge in [0.1, 0.15) is 5.76 Å². The molecule has 2 aliphatic rings. The molecule has 27 heavy (non-hydrogen) atoms. The molecule has 0 aliphatic carbocycles. The second kappa shape index (κ2) is 8.63. The number of piperidine rings is 1. The fourth-order valence-electron chi connectivity index (χ4n) is 3.61. The van der Waals surface area contributed by atoms with Crippen molar-refractivity contribution in [3.63, 3.8) is 0 Å². The summed E-state index contributed by atoms with van der Waals surface area (Å²) in [5.41, 5.74) is 1.10. The van der Waals surface area contributed by atoms with Gasteiger partial charge < -0.3 is 24.5 Å². The first-order valence-electron chi connectivity index (χ1n) is 9.47. The lowest BCUT2D eigenvalue weighted by molar-refractivity contribution is 0.146. The maximum Gasteiger partial charge on any atom is 0.231 e. The third-order valence-corrected chi connectivity index (χ3v) is 5.34. The fraction of sp³-hybridized carbons (Fsp3) is 0.450. The maximum absolute atomic E-state index is 5.68. The summed E-state index contributed by atoms with van der Waals surface area (Å²) in [4.78, 5) is 2.48. The van der Waals surface area contributed by atoms with E-state index >= 15 is 0 Å². The Balaban J connectivity index is 1.30. The van der Waals surface area contributed by atoms with Gasteiger partial charge in [-0.2, -0.15) is 0 Å². The van der Waals surface area contributed by atoms with Crippen molar-refractivity contribution in [1.29, 1.82) is 0 Å². The van der Waals surface area contributed by atoms with E-state index in [0.29, 0.717) is 11.7 Å². The van der Waals surface area contributed by atoms with Gasteiger partial charge in [-0.25, -0.2) is 0 Å². The molecule has 0 radical (unpaired) electrons. The van der Waals surface area contributed by atoms with E-state index in [1.54, 1.807) is 6.26 Å². The molecule has 2 aromatic rings. The zero-order chi connectivity index (χ0) is 18.5. The van der Waals surface area contributed by atoms with Crippen LogP contribution in [0.4, 0.5) is 0 Å². The normalized spacial score (nSPS) is 17.5. The van der Waals surface area contributed by atoms with E-state index in [2.05, 4.69) is 15.5 Å². The Hall–Kier alpha value is -2.25. The van der Waals surface area contributed by atoms with Gasteiger partial charge in [0.2, 0.25) is 6.79 Å². The summed E-state index contributed by atoms with van der Waals surface area (Å²) in [7, 11) is 0. The van der Waals surface area contributed by atoms with Gasteiger partial charge in [-0.15, -0.1) is 0 Å². The summed E-state index contributed by atoms with van der Waals surface area (Å²) < 4.78 is 16.4. The Bertz CT molecular complexity index is 760. The van der Waals surface area contributed by atoms with Crippen LogP contribution in [0, 0.1) is 0 Å². The van der Waals surface area contributed by atoms with Gasteiger partial charge in [0.05, 0.1) is 12.3 Å². The molecule has 0 unspecified atom stereocenters. The lowest BCUT2D eigenvalue weighted by Crippen LogP contribution is -2.43. The summed E-state index contributed by atoms with van der Waals surface area (Å²) in [6, 6.07) is 10.1. The lowest BCUT2D eigenvalue weighted by atomic mass is 10.1. The number of benzene rings is 1. The summed E-state index contributed by atoms with van der Waals surface area (Å²) in [6.07, 6.45) is 5.53. The molecule has 144 valence electrons. The average Bonchev–Trinajstić information content (AvgIpc) is 3.39. The number of rotatable bonds is 6. The number of likely N-dealkylation sites (tertiary alicyclic amines) is 1. The van der Waals surface area contributed by atoms with Gasteiger partial charge in [0, 0.05) is 13.1 Å². The molecule has 0 bridgehead atoms. The highest BCUT2D eigenvalue weighted by molar-refractivity contribution is 7.80. The SMILES string of the molecule is S=C(NCc1ccc2c(c1)OCO2)NC[C@H](c1ccco1)N1CCCCC1. The monoisotopic (exact) mass is 387 g/mol. The fourth-order valence-corrected chi connectivity index (χ4v) is 3.76. The number of hydrogen-bond donors (Lipinski definition) is 2. The third-order valence-electron chi connectivity index (χ3n) is 5.05. The molecule has 1 aromatic carbocycles. The first-order valence-corrected chi connectivity index (χ1v) is 9.88. The van der Waals surface area contributed by atoms with Gasteiger partial charge >= 0.3 is 0 Å².